The smallest absolute Gasteiger partial charge is 0.321 e. The first-order valence-corrected chi connectivity index (χ1v) is 5.95. The fourth-order valence-corrected chi connectivity index (χ4v) is 1.79. The molecule has 0 N–H and O–H groups in total. The van der Waals surface area contributed by atoms with Gasteiger partial charge in [0.05, 0.1) is 13.7 Å². The predicted octanol–water partition coefficient (Wildman–Crippen LogP) is 2.13. The van der Waals surface area contributed by atoms with Crippen LogP contribution in [0.15, 0.2) is 0 Å². The first kappa shape index (κ1) is 12.0. The van der Waals surface area contributed by atoms with Crippen molar-refractivity contribution >= 4 is 21.9 Å². The zero-order valence-electron chi connectivity index (χ0n) is 8.50. The number of hydrogen-bond donors (Lipinski definition) is 0. The van der Waals surface area contributed by atoms with Crippen LogP contribution >= 0.6 is 15.9 Å². The van der Waals surface area contributed by atoms with Gasteiger partial charge in [-0.25, -0.2) is 0 Å². The molecule has 0 aromatic heterocycles. The van der Waals surface area contributed by atoms with Gasteiger partial charge in [0.1, 0.15) is 4.83 Å². The summed E-state index contributed by atoms with van der Waals surface area (Å²) in [6.07, 6.45) is 5.19. The van der Waals surface area contributed by atoms with Gasteiger partial charge in [0, 0.05) is 6.61 Å². The second-order valence-electron chi connectivity index (χ2n) is 3.65. The van der Waals surface area contributed by atoms with E-state index in [1.807, 2.05) is 0 Å². The van der Waals surface area contributed by atoms with Crippen LogP contribution in [0.25, 0.3) is 0 Å². The van der Waals surface area contributed by atoms with Crippen molar-refractivity contribution in [3.05, 3.63) is 0 Å². The molecule has 14 heavy (non-hydrogen) atoms. The van der Waals surface area contributed by atoms with Crippen molar-refractivity contribution in [3.8, 4) is 0 Å². The predicted molar refractivity (Wildman–Crippen MR) is 57.5 cm³/mol. The molecule has 3 nitrogen and oxygen atoms in total. The molecule has 0 aromatic rings. The summed E-state index contributed by atoms with van der Waals surface area (Å²) in [5, 5.41) is 0. The maximum atomic E-state index is 11.0. The highest BCUT2D eigenvalue weighted by atomic mass is 79.9. The monoisotopic (exact) mass is 264 g/mol. The van der Waals surface area contributed by atoms with Crippen LogP contribution < -0.4 is 0 Å². The summed E-state index contributed by atoms with van der Waals surface area (Å²) in [7, 11) is 1.38. The Kier molecular flexibility index (Phi) is 5.48. The summed E-state index contributed by atoms with van der Waals surface area (Å²) >= 11 is 3.20. The third-order valence-corrected chi connectivity index (χ3v) is 3.25. The summed E-state index contributed by atoms with van der Waals surface area (Å²) in [5.41, 5.74) is 0. The van der Waals surface area contributed by atoms with Gasteiger partial charge < -0.3 is 9.47 Å². The molecule has 0 spiro atoms. The fraction of sp³-hybridized carbons (Fsp3) is 0.900. The van der Waals surface area contributed by atoms with Crippen LogP contribution in [0.1, 0.15) is 25.7 Å². The Bertz CT molecular complexity index is 180. The number of esters is 1. The van der Waals surface area contributed by atoms with E-state index < -0.39 is 0 Å². The molecule has 1 fully saturated rings. The van der Waals surface area contributed by atoms with Crippen molar-refractivity contribution < 1.29 is 14.3 Å². The molecule has 1 saturated carbocycles. The molecule has 82 valence electrons. The van der Waals surface area contributed by atoms with Gasteiger partial charge in [0.25, 0.3) is 0 Å². The van der Waals surface area contributed by atoms with Crippen LogP contribution in [0.3, 0.4) is 0 Å². The lowest BCUT2D eigenvalue weighted by Crippen LogP contribution is -2.22. The number of methoxy groups -OCH3 is 1. The number of alkyl halides is 1. The summed E-state index contributed by atoms with van der Waals surface area (Å²) in [6, 6.07) is 0. The number of carbonyl (C=O) groups is 1. The molecular formula is C10H17BrO3. The highest BCUT2D eigenvalue weighted by Gasteiger charge is 2.18. The van der Waals surface area contributed by atoms with Crippen molar-refractivity contribution in [2.45, 2.75) is 30.5 Å². The maximum Gasteiger partial charge on any atom is 0.321 e. The van der Waals surface area contributed by atoms with Crippen molar-refractivity contribution in [2.24, 2.45) is 5.92 Å². The first-order valence-electron chi connectivity index (χ1n) is 5.03. The lowest BCUT2D eigenvalue weighted by Gasteiger charge is -2.25. The van der Waals surface area contributed by atoms with Gasteiger partial charge in [0.2, 0.25) is 0 Å². The number of hydrogen-bond acceptors (Lipinski definition) is 3. The molecule has 0 aliphatic heterocycles. The van der Waals surface area contributed by atoms with Crippen LogP contribution in [0.5, 0.6) is 0 Å². The summed E-state index contributed by atoms with van der Waals surface area (Å²) in [4.78, 5) is 10.6. The van der Waals surface area contributed by atoms with Crippen molar-refractivity contribution in [3.63, 3.8) is 0 Å². The maximum absolute atomic E-state index is 11.0. The summed E-state index contributed by atoms with van der Waals surface area (Å²) < 4.78 is 9.93. The second kappa shape index (κ2) is 6.40. The number of halogens is 1. The molecule has 0 radical (unpaired) electrons. The molecule has 1 aliphatic carbocycles. The van der Waals surface area contributed by atoms with E-state index in [2.05, 4.69) is 20.7 Å². The first-order chi connectivity index (χ1) is 6.74. The minimum atomic E-state index is -0.325. The van der Waals surface area contributed by atoms with Crippen LogP contribution in [-0.4, -0.2) is 31.1 Å². The summed E-state index contributed by atoms with van der Waals surface area (Å²) in [5.74, 6) is 0.593. The zero-order valence-corrected chi connectivity index (χ0v) is 10.1. The molecule has 1 rings (SSSR count). The minimum Gasteiger partial charge on any atom is -0.468 e. The van der Waals surface area contributed by atoms with Gasteiger partial charge in [-0.1, -0.05) is 35.2 Å². The Balaban J connectivity index is 1.94. The lowest BCUT2D eigenvalue weighted by atomic mass is 9.83. The van der Waals surface area contributed by atoms with Crippen LogP contribution in [0, 0.1) is 5.92 Å². The van der Waals surface area contributed by atoms with Crippen LogP contribution in [0.2, 0.25) is 0 Å². The van der Waals surface area contributed by atoms with Gasteiger partial charge in [0.15, 0.2) is 0 Å². The normalized spacial score (nSPS) is 18.7. The SMILES string of the molecule is COC(=O)C(Br)COCCC1CCC1. The largest absolute Gasteiger partial charge is 0.468 e. The van der Waals surface area contributed by atoms with E-state index in [0.29, 0.717) is 6.61 Å². The number of ether oxygens (including phenoxy) is 2. The minimum absolute atomic E-state index is 0.270. The highest BCUT2D eigenvalue weighted by molar-refractivity contribution is 9.10. The molecule has 0 bridgehead atoms. The molecule has 0 heterocycles. The van der Waals surface area contributed by atoms with Gasteiger partial charge in [-0.15, -0.1) is 0 Å². The molecule has 4 heteroatoms. The zero-order chi connectivity index (χ0) is 10.4. The Morgan fingerprint density at radius 1 is 1.57 bits per heavy atom. The van der Waals surface area contributed by atoms with E-state index in [1.165, 1.54) is 26.4 Å². The molecule has 0 aromatic carbocycles. The average molecular weight is 265 g/mol. The van der Waals surface area contributed by atoms with Crippen LogP contribution in [0.4, 0.5) is 0 Å². The average Bonchev–Trinajstić information content (AvgIpc) is 2.13. The van der Waals surface area contributed by atoms with Gasteiger partial charge >= 0.3 is 5.97 Å². The number of rotatable bonds is 6. The molecular weight excluding hydrogens is 248 g/mol. The topological polar surface area (TPSA) is 35.5 Å². The van der Waals surface area contributed by atoms with E-state index in [-0.39, 0.29) is 10.8 Å². The van der Waals surface area contributed by atoms with Crippen molar-refractivity contribution in [2.75, 3.05) is 20.3 Å². The standard InChI is InChI=1S/C10H17BrO3/c1-13-10(12)9(11)7-14-6-5-8-3-2-4-8/h8-9H,2-7H2,1H3. The lowest BCUT2D eigenvalue weighted by molar-refractivity contribution is -0.140. The van der Waals surface area contributed by atoms with E-state index in [4.69, 9.17) is 4.74 Å². The van der Waals surface area contributed by atoms with E-state index in [1.54, 1.807) is 0 Å². The second-order valence-corrected chi connectivity index (χ2v) is 4.76. The van der Waals surface area contributed by atoms with Gasteiger partial charge in [-0.3, -0.25) is 4.79 Å². The van der Waals surface area contributed by atoms with E-state index in [0.717, 1.165) is 18.9 Å². The van der Waals surface area contributed by atoms with Crippen molar-refractivity contribution in [1.29, 1.82) is 0 Å². The third kappa shape index (κ3) is 3.96. The molecule has 0 amide bonds. The van der Waals surface area contributed by atoms with Gasteiger partial charge in [-0.05, 0) is 12.3 Å². The Morgan fingerprint density at radius 3 is 2.79 bits per heavy atom. The Labute approximate surface area is 93.3 Å². The Morgan fingerprint density at radius 2 is 2.29 bits per heavy atom. The highest BCUT2D eigenvalue weighted by Crippen LogP contribution is 2.29. The van der Waals surface area contributed by atoms with Crippen LogP contribution in [-0.2, 0) is 14.3 Å². The summed E-state index contributed by atoms with van der Waals surface area (Å²) in [6.45, 7) is 1.16. The molecule has 1 aliphatic rings. The van der Waals surface area contributed by atoms with Crippen molar-refractivity contribution in [1.82, 2.24) is 0 Å². The van der Waals surface area contributed by atoms with E-state index >= 15 is 0 Å². The molecule has 1 atom stereocenters. The van der Waals surface area contributed by atoms with E-state index in [9.17, 15) is 4.79 Å². The third-order valence-electron chi connectivity index (χ3n) is 2.62. The molecule has 0 saturated heterocycles. The van der Waals surface area contributed by atoms with Gasteiger partial charge in [-0.2, -0.15) is 0 Å². The fourth-order valence-electron chi connectivity index (χ4n) is 1.41. The Hall–Kier alpha value is -0.0900. The number of carbonyl (C=O) groups excluding carboxylic acids is 1. The quantitative estimate of drug-likeness (QED) is 0.419. The molecule has 1 unspecified atom stereocenters.